The van der Waals surface area contributed by atoms with Gasteiger partial charge in [-0.3, -0.25) is 4.79 Å². The number of carbonyl (C=O) groups excluding carboxylic acids is 1. The van der Waals surface area contributed by atoms with Crippen LogP contribution >= 0.6 is 11.6 Å². The minimum atomic E-state index is -0.302. The van der Waals surface area contributed by atoms with E-state index in [0.717, 1.165) is 0 Å². The maximum absolute atomic E-state index is 12.1. The molecule has 2 N–H and O–H groups in total. The Balaban J connectivity index is 2.05. The van der Waals surface area contributed by atoms with Crippen LogP contribution < -0.4 is 5.32 Å². The molecule has 0 radical (unpaired) electrons. The lowest BCUT2D eigenvalue weighted by Crippen LogP contribution is -2.34. The van der Waals surface area contributed by atoms with Crippen LogP contribution in [0.3, 0.4) is 0 Å². The summed E-state index contributed by atoms with van der Waals surface area (Å²) in [5, 5.41) is 20.1. The van der Waals surface area contributed by atoms with Gasteiger partial charge in [-0.1, -0.05) is 42.8 Å². The van der Waals surface area contributed by atoms with Gasteiger partial charge >= 0.3 is 0 Å². The van der Waals surface area contributed by atoms with E-state index in [4.69, 9.17) is 16.7 Å². The highest BCUT2D eigenvalue weighted by Gasteiger charge is 2.20. The summed E-state index contributed by atoms with van der Waals surface area (Å²) in [6.07, 6.45) is 2.15. The first-order valence-electron chi connectivity index (χ1n) is 6.99. The second-order valence-corrected chi connectivity index (χ2v) is 6.23. The number of halogens is 1. The largest absolute Gasteiger partial charge is 0.396 e. The van der Waals surface area contributed by atoms with E-state index in [1.165, 1.54) is 10.9 Å². The van der Waals surface area contributed by atoms with E-state index in [1.807, 2.05) is 26.0 Å². The van der Waals surface area contributed by atoms with Crippen molar-refractivity contribution in [3.63, 3.8) is 0 Å². The summed E-state index contributed by atoms with van der Waals surface area (Å²) in [5.74, 6) is -0.302. The van der Waals surface area contributed by atoms with Crippen molar-refractivity contribution < 1.29 is 9.90 Å². The predicted octanol–water partition coefficient (Wildman–Crippen LogP) is 2.06. The second-order valence-electron chi connectivity index (χ2n) is 5.82. The van der Waals surface area contributed by atoms with Crippen LogP contribution in [0.5, 0.6) is 0 Å². The molecule has 0 saturated heterocycles. The molecule has 0 fully saturated rings. The molecule has 22 heavy (non-hydrogen) atoms. The summed E-state index contributed by atoms with van der Waals surface area (Å²) >= 11 is 6.09. The zero-order valence-electron chi connectivity index (χ0n) is 12.6. The Kier molecular flexibility index (Phi) is 5.15. The lowest BCUT2D eigenvalue weighted by atomic mass is 9.90. The molecule has 0 aliphatic carbocycles. The number of para-hydroxylation sites is 1. The highest BCUT2D eigenvalue weighted by molar-refractivity contribution is 6.32. The highest BCUT2D eigenvalue weighted by Crippen LogP contribution is 2.19. The van der Waals surface area contributed by atoms with Crippen molar-refractivity contribution in [1.29, 1.82) is 0 Å². The fourth-order valence-corrected chi connectivity index (χ4v) is 2.15. The van der Waals surface area contributed by atoms with Gasteiger partial charge in [0.05, 0.1) is 16.9 Å². The average molecular weight is 323 g/mol. The van der Waals surface area contributed by atoms with Gasteiger partial charge in [-0.2, -0.15) is 0 Å². The number of amides is 1. The molecule has 0 spiro atoms. The van der Waals surface area contributed by atoms with E-state index in [-0.39, 0.29) is 23.6 Å². The van der Waals surface area contributed by atoms with Gasteiger partial charge in [-0.05, 0) is 24.0 Å². The van der Waals surface area contributed by atoms with E-state index in [9.17, 15) is 4.79 Å². The van der Waals surface area contributed by atoms with Crippen molar-refractivity contribution in [3.05, 3.63) is 41.2 Å². The molecule has 0 saturated carbocycles. The third-order valence-corrected chi connectivity index (χ3v) is 3.66. The zero-order chi connectivity index (χ0) is 16.2. The molecule has 6 nitrogen and oxygen atoms in total. The van der Waals surface area contributed by atoms with Gasteiger partial charge in [0.1, 0.15) is 0 Å². The molecule has 0 bridgehead atoms. The number of nitrogens with one attached hydrogen (secondary N) is 1. The Morgan fingerprint density at radius 1 is 1.41 bits per heavy atom. The van der Waals surface area contributed by atoms with Crippen molar-refractivity contribution in [2.75, 3.05) is 13.2 Å². The molecule has 7 heteroatoms. The van der Waals surface area contributed by atoms with E-state index in [0.29, 0.717) is 23.7 Å². The van der Waals surface area contributed by atoms with Crippen LogP contribution in [-0.2, 0) is 0 Å². The van der Waals surface area contributed by atoms with E-state index in [2.05, 4.69) is 15.6 Å². The van der Waals surface area contributed by atoms with Gasteiger partial charge in [0.25, 0.3) is 5.91 Å². The zero-order valence-corrected chi connectivity index (χ0v) is 13.3. The minimum Gasteiger partial charge on any atom is -0.396 e. The Labute approximate surface area is 134 Å². The van der Waals surface area contributed by atoms with Crippen molar-refractivity contribution >= 4 is 17.5 Å². The maximum Gasteiger partial charge on any atom is 0.273 e. The lowest BCUT2D eigenvalue weighted by molar-refractivity contribution is 0.0923. The third-order valence-electron chi connectivity index (χ3n) is 3.34. The van der Waals surface area contributed by atoms with Crippen LogP contribution in [-0.4, -0.2) is 39.2 Å². The smallest absolute Gasteiger partial charge is 0.273 e. The molecule has 0 aliphatic rings. The Hall–Kier alpha value is -1.92. The fraction of sp³-hybridized carbons (Fsp3) is 0.400. The molecule has 0 aliphatic heterocycles. The van der Waals surface area contributed by atoms with Crippen molar-refractivity contribution in [2.45, 2.75) is 20.3 Å². The number of benzene rings is 1. The van der Waals surface area contributed by atoms with Gasteiger partial charge in [-0.15, -0.1) is 5.10 Å². The average Bonchev–Trinajstić information content (AvgIpc) is 2.95. The molecule has 0 atom stereocenters. The molecule has 2 rings (SSSR count). The molecule has 1 aromatic carbocycles. The number of aromatic nitrogens is 3. The molecular formula is C15H19ClN4O2. The predicted molar refractivity (Wildman–Crippen MR) is 84.2 cm³/mol. The summed E-state index contributed by atoms with van der Waals surface area (Å²) in [6, 6.07) is 7.19. The summed E-state index contributed by atoms with van der Waals surface area (Å²) in [5.41, 5.74) is 0.708. The van der Waals surface area contributed by atoms with Crippen LogP contribution in [0.15, 0.2) is 30.5 Å². The minimum absolute atomic E-state index is 0.0888. The van der Waals surface area contributed by atoms with Crippen LogP contribution in [0, 0.1) is 5.41 Å². The monoisotopic (exact) mass is 322 g/mol. The standard InChI is InChI=1S/C15H19ClN4O2/c1-15(2,7-8-21)10-17-14(22)12-9-20(19-18-12)13-6-4-3-5-11(13)16/h3-6,9,21H,7-8,10H2,1-2H3,(H,17,22). The van der Waals surface area contributed by atoms with Crippen LogP contribution in [0.25, 0.3) is 5.69 Å². The molecule has 118 valence electrons. The molecule has 1 heterocycles. The summed E-state index contributed by atoms with van der Waals surface area (Å²) in [4.78, 5) is 12.1. The first-order valence-corrected chi connectivity index (χ1v) is 7.37. The number of aliphatic hydroxyl groups excluding tert-OH is 1. The number of carbonyl (C=O) groups is 1. The topological polar surface area (TPSA) is 80.0 Å². The number of aliphatic hydroxyl groups is 1. The third kappa shape index (κ3) is 4.05. The Morgan fingerprint density at radius 3 is 2.82 bits per heavy atom. The van der Waals surface area contributed by atoms with Crippen molar-refractivity contribution in [1.82, 2.24) is 20.3 Å². The molecular weight excluding hydrogens is 304 g/mol. The number of nitrogens with zero attached hydrogens (tertiary/aromatic N) is 3. The number of hydrogen-bond acceptors (Lipinski definition) is 4. The van der Waals surface area contributed by atoms with Gasteiger partial charge in [0.2, 0.25) is 0 Å². The van der Waals surface area contributed by atoms with Crippen LogP contribution in [0.2, 0.25) is 5.02 Å². The van der Waals surface area contributed by atoms with Crippen LogP contribution in [0.4, 0.5) is 0 Å². The van der Waals surface area contributed by atoms with E-state index >= 15 is 0 Å². The summed E-state index contributed by atoms with van der Waals surface area (Å²) < 4.78 is 1.47. The maximum atomic E-state index is 12.1. The van der Waals surface area contributed by atoms with Crippen LogP contribution in [0.1, 0.15) is 30.8 Å². The quantitative estimate of drug-likeness (QED) is 0.853. The van der Waals surface area contributed by atoms with Gasteiger partial charge in [0, 0.05) is 13.2 Å². The van der Waals surface area contributed by atoms with Gasteiger partial charge in [0.15, 0.2) is 5.69 Å². The summed E-state index contributed by atoms with van der Waals surface area (Å²) in [7, 11) is 0. The Bertz CT molecular complexity index is 654. The Morgan fingerprint density at radius 2 is 2.14 bits per heavy atom. The fourth-order valence-electron chi connectivity index (χ4n) is 1.92. The van der Waals surface area contributed by atoms with E-state index < -0.39 is 0 Å². The molecule has 2 aromatic rings. The van der Waals surface area contributed by atoms with Gasteiger partial charge < -0.3 is 10.4 Å². The van der Waals surface area contributed by atoms with Gasteiger partial charge in [-0.25, -0.2) is 4.68 Å². The number of rotatable bonds is 6. The molecule has 1 aromatic heterocycles. The van der Waals surface area contributed by atoms with E-state index in [1.54, 1.807) is 12.1 Å². The first kappa shape index (κ1) is 16.5. The second kappa shape index (κ2) is 6.89. The first-order chi connectivity index (χ1) is 10.4. The summed E-state index contributed by atoms with van der Waals surface area (Å²) in [6.45, 7) is 4.49. The highest BCUT2D eigenvalue weighted by atomic mass is 35.5. The molecule has 1 amide bonds. The molecule has 0 unspecified atom stereocenters. The van der Waals surface area contributed by atoms with Crippen molar-refractivity contribution in [2.24, 2.45) is 5.41 Å². The lowest BCUT2D eigenvalue weighted by Gasteiger charge is -2.23. The SMILES string of the molecule is CC(C)(CCO)CNC(=O)c1cn(-c2ccccc2Cl)nn1. The number of hydrogen-bond donors (Lipinski definition) is 2. The normalized spacial score (nSPS) is 11.5. The van der Waals surface area contributed by atoms with Crippen molar-refractivity contribution in [3.8, 4) is 5.69 Å².